The van der Waals surface area contributed by atoms with E-state index in [4.69, 9.17) is 9.47 Å². The second kappa shape index (κ2) is 7.51. The van der Waals surface area contributed by atoms with Crippen molar-refractivity contribution < 1.29 is 24.2 Å². The van der Waals surface area contributed by atoms with E-state index in [1.165, 1.54) is 0 Å². The number of hydrogen-bond acceptors (Lipinski definition) is 5. The predicted octanol–water partition coefficient (Wildman–Crippen LogP) is 3.63. The molecule has 0 spiro atoms. The fraction of sp³-hybridized carbons (Fsp3) is 0.474. The number of esters is 1. The lowest BCUT2D eigenvalue weighted by molar-refractivity contribution is -0.118. The van der Waals surface area contributed by atoms with E-state index in [0.717, 1.165) is 11.1 Å². The molecule has 0 fully saturated rings. The van der Waals surface area contributed by atoms with Crippen molar-refractivity contribution in [2.75, 3.05) is 7.11 Å². The van der Waals surface area contributed by atoms with Crippen LogP contribution >= 0.6 is 0 Å². The van der Waals surface area contributed by atoms with Gasteiger partial charge in [-0.15, -0.1) is 0 Å². The summed E-state index contributed by atoms with van der Waals surface area (Å²) >= 11 is 0. The topological polar surface area (TPSA) is 72.8 Å². The van der Waals surface area contributed by atoms with E-state index in [-0.39, 0.29) is 23.7 Å². The number of aromatic hydroxyl groups is 1. The number of carbonyl (C=O) groups excluding carboxylic acids is 2. The number of carbonyl (C=O) groups is 2. The number of methoxy groups -OCH3 is 1. The van der Waals surface area contributed by atoms with Gasteiger partial charge in [-0.2, -0.15) is 0 Å². The van der Waals surface area contributed by atoms with Gasteiger partial charge in [0.25, 0.3) is 0 Å². The number of ether oxygens (including phenoxy) is 2. The van der Waals surface area contributed by atoms with Crippen molar-refractivity contribution in [3.63, 3.8) is 0 Å². The van der Waals surface area contributed by atoms with Crippen LogP contribution in [0.3, 0.4) is 0 Å². The third-order valence-corrected chi connectivity index (χ3v) is 4.49. The first-order chi connectivity index (χ1) is 11.4. The zero-order valence-corrected chi connectivity index (χ0v) is 14.7. The first-order valence-corrected chi connectivity index (χ1v) is 8.16. The molecule has 1 aromatic carbocycles. The molecule has 0 amide bonds. The first kappa shape index (κ1) is 18.0. The number of phenols is 1. The van der Waals surface area contributed by atoms with Gasteiger partial charge in [-0.25, -0.2) is 4.79 Å². The summed E-state index contributed by atoms with van der Waals surface area (Å²) in [6.07, 6.45) is 4.17. The molecular formula is C19H24O5. The Morgan fingerprint density at radius 2 is 2.08 bits per heavy atom. The highest BCUT2D eigenvalue weighted by Gasteiger charge is 2.31. The number of allylic oxidation sites excluding steroid dienone is 2. The molecule has 24 heavy (non-hydrogen) atoms. The minimum atomic E-state index is -0.497. The van der Waals surface area contributed by atoms with Gasteiger partial charge in [0.15, 0.2) is 0 Å². The van der Waals surface area contributed by atoms with Gasteiger partial charge in [-0.05, 0) is 32.3 Å². The summed E-state index contributed by atoms with van der Waals surface area (Å²) in [5.74, 6) is 0.255. The molecule has 1 N–H and O–H groups in total. The number of ketones is 1. The van der Waals surface area contributed by atoms with Crippen LogP contribution in [0.25, 0.3) is 0 Å². The van der Waals surface area contributed by atoms with Crippen LogP contribution < -0.4 is 4.74 Å². The van der Waals surface area contributed by atoms with Crippen molar-refractivity contribution >= 4 is 11.8 Å². The molecular weight excluding hydrogens is 308 g/mol. The summed E-state index contributed by atoms with van der Waals surface area (Å²) in [5, 5.41) is 10.5. The molecule has 1 aromatic rings. The number of phenolic OH excluding ortho intramolecular Hbond substituents is 1. The Bertz CT molecular complexity index is 700. The summed E-state index contributed by atoms with van der Waals surface area (Å²) in [4.78, 5) is 23.3. The maximum Gasteiger partial charge on any atom is 0.342 e. The van der Waals surface area contributed by atoms with Crippen molar-refractivity contribution in [1.29, 1.82) is 0 Å². The highest BCUT2D eigenvalue weighted by Crippen LogP contribution is 2.42. The Balaban J connectivity index is 2.30. The van der Waals surface area contributed by atoms with Crippen LogP contribution in [0.15, 0.2) is 11.6 Å². The lowest BCUT2D eigenvalue weighted by Crippen LogP contribution is -2.03. The smallest absolute Gasteiger partial charge is 0.342 e. The summed E-state index contributed by atoms with van der Waals surface area (Å²) in [7, 11) is 1.55. The molecule has 1 aliphatic rings. The van der Waals surface area contributed by atoms with Gasteiger partial charge in [0, 0.05) is 24.0 Å². The van der Waals surface area contributed by atoms with Crippen LogP contribution in [-0.2, 0) is 22.6 Å². The molecule has 1 aliphatic heterocycles. The second-order valence-corrected chi connectivity index (χ2v) is 6.06. The molecule has 0 unspecified atom stereocenters. The Kier molecular flexibility index (Phi) is 5.65. The summed E-state index contributed by atoms with van der Waals surface area (Å²) < 4.78 is 10.5. The molecule has 1 heterocycles. The number of Topliss-reactive ketones (excluding diaryl/α,β-unsaturated/α-hetero) is 1. The molecule has 0 bridgehead atoms. The van der Waals surface area contributed by atoms with E-state index in [2.05, 4.69) is 0 Å². The molecule has 0 radical (unpaired) electrons. The normalized spacial score (nSPS) is 13.7. The minimum absolute atomic E-state index is 0.0661. The molecule has 0 aromatic heterocycles. The molecule has 0 saturated carbocycles. The van der Waals surface area contributed by atoms with Gasteiger partial charge >= 0.3 is 5.97 Å². The van der Waals surface area contributed by atoms with Crippen LogP contribution in [-0.4, -0.2) is 24.0 Å². The largest absolute Gasteiger partial charge is 0.507 e. The first-order valence-electron chi connectivity index (χ1n) is 8.16. The summed E-state index contributed by atoms with van der Waals surface area (Å²) in [5.41, 5.74) is 3.40. The highest BCUT2D eigenvalue weighted by atomic mass is 16.5. The van der Waals surface area contributed by atoms with Crippen LogP contribution in [0, 0.1) is 6.92 Å². The maximum atomic E-state index is 11.9. The SMILES string of the molecule is CCC(=O)CC/C(C)=C/Cc1c(O)c2c(c(C)c1OC)COC2=O. The molecule has 5 heteroatoms. The Labute approximate surface area is 142 Å². The lowest BCUT2D eigenvalue weighted by atomic mass is 9.94. The molecule has 0 atom stereocenters. The number of hydrogen-bond donors (Lipinski definition) is 1. The predicted molar refractivity (Wildman–Crippen MR) is 90.5 cm³/mol. The second-order valence-electron chi connectivity index (χ2n) is 6.06. The third kappa shape index (κ3) is 3.45. The monoisotopic (exact) mass is 332 g/mol. The molecule has 0 aliphatic carbocycles. The Morgan fingerprint density at radius 1 is 1.38 bits per heavy atom. The Hall–Kier alpha value is -2.30. The molecule has 0 saturated heterocycles. The molecule has 5 nitrogen and oxygen atoms in total. The Morgan fingerprint density at radius 3 is 2.71 bits per heavy atom. The van der Waals surface area contributed by atoms with Gasteiger partial charge in [-0.3, -0.25) is 4.79 Å². The zero-order chi connectivity index (χ0) is 17.9. The quantitative estimate of drug-likeness (QED) is 0.610. The standard InChI is InChI=1S/C19H24O5/c1-5-13(20)8-6-11(2)7-9-14-17(21)16-15(10-24-19(16)22)12(3)18(14)23-4/h7,21H,5-6,8-10H2,1-4H3/b11-7+. The van der Waals surface area contributed by atoms with Gasteiger partial charge < -0.3 is 14.6 Å². The van der Waals surface area contributed by atoms with Gasteiger partial charge in [0.05, 0.1) is 7.11 Å². The lowest BCUT2D eigenvalue weighted by Gasteiger charge is -2.15. The van der Waals surface area contributed by atoms with Crippen molar-refractivity contribution in [3.05, 3.63) is 33.9 Å². The average Bonchev–Trinajstić information content (AvgIpc) is 2.96. The van der Waals surface area contributed by atoms with E-state index >= 15 is 0 Å². The average molecular weight is 332 g/mol. The van der Waals surface area contributed by atoms with E-state index in [9.17, 15) is 14.7 Å². The molecule has 2 rings (SSSR count). The highest BCUT2D eigenvalue weighted by molar-refractivity contribution is 5.98. The van der Waals surface area contributed by atoms with Gasteiger partial charge in [0.2, 0.25) is 0 Å². The van der Waals surface area contributed by atoms with Crippen molar-refractivity contribution in [2.45, 2.75) is 53.1 Å². The number of rotatable bonds is 7. The number of cyclic esters (lactones) is 1. The van der Waals surface area contributed by atoms with Crippen molar-refractivity contribution in [1.82, 2.24) is 0 Å². The van der Waals surface area contributed by atoms with Crippen molar-refractivity contribution in [2.24, 2.45) is 0 Å². The van der Waals surface area contributed by atoms with Crippen LogP contribution in [0.4, 0.5) is 0 Å². The zero-order valence-electron chi connectivity index (χ0n) is 14.7. The fourth-order valence-electron chi connectivity index (χ4n) is 2.92. The van der Waals surface area contributed by atoms with Crippen LogP contribution in [0.5, 0.6) is 11.5 Å². The number of benzene rings is 1. The number of fused-ring (bicyclic) bond motifs is 1. The van der Waals surface area contributed by atoms with Crippen LogP contribution in [0.1, 0.15) is 60.2 Å². The summed E-state index contributed by atoms with van der Waals surface area (Å²) in [6.45, 7) is 5.84. The van der Waals surface area contributed by atoms with Gasteiger partial charge in [-0.1, -0.05) is 18.6 Å². The van der Waals surface area contributed by atoms with Crippen LogP contribution in [0.2, 0.25) is 0 Å². The summed E-state index contributed by atoms with van der Waals surface area (Å²) in [6, 6.07) is 0. The maximum absolute atomic E-state index is 11.9. The molecule has 130 valence electrons. The minimum Gasteiger partial charge on any atom is -0.507 e. The van der Waals surface area contributed by atoms with Crippen molar-refractivity contribution in [3.8, 4) is 11.5 Å². The third-order valence-electron chi connectivity index (χ3n) is 4.49. The van der Waals surface area contributed by atoms with E-state index in [1.807, 2.05) is 26.8 Å². The van der Waals surface area contributed by atoms with E-state index in [1.54, 1.807) is 7.11 Å². The fourth-order valence-corrected chi connectivity index (χ4v) is 2.92. The van der Waals surface area contributed by atoms with E-state index < -0.39 is 5.97 Å². The van der Waals surface area contributed by atoms with Gasteiger partial charge in [0.1, 0.15) is 29.5 Å². The van der Waals surface area contributed by atoms with E-state index in [0.29, 0.717) is 42.6 Å².